The highest BCUT2D eigenvalue weighted by Crippen LogP contribution is 2.40. The third kappa shape index (κ3) is 5.60. The molecule has 0 fully saturated rings. The molecule has 0 aliphatic carbocycles. The number of dihydropyridines is 1. The van der Waals surface area contributed by atoms with E-state index in [0.29, 0.717) is 27.7 Å². The summed E-state index contributed by atoms with van der Waals surface area (Å²) in [6, 6.07) is 14.9. The van der Waals surface area contributed by atoms with Gasteiger partial charge in [0.25, 0.3) is 0 Å². The van der Waals surface area contributed by atoms with Crippen molar-refractivity contribution in [2.75, 3.05) is 24.9 Å². The number of carbonyl (C=O) groups is 3. The van der Waals surface area contributed by atoms with Crippen molar-refractivity contribution < 1.29 is 23.9 Å². The van der Waals surface area contributed by atoms with E-state index in [9.17, 15) is 14.4 Å². The molecule has 0 unspecified atom stereocenters. The number of nitrogens with zero attached hydrogens (tertiary/aromatic N) is 1. The van der Waals surface area contributed by atoms with Gasteiger partial charge in [0.1, 0.15) is 0 Å². The first kappa shape index (κ1) is 26.6. The van der Waals surface area contributed by atoms with Gasteiger partial charge in [0.15, 0.2) is 5.13 Å². The van der Waals surface area contributed by atoms with Crippen LogP contribution in [0.1, 0.15) is 32.3 Å². The molecule has 9 nitrogen and oxygen atoms in total. The monoisotopic (exact) mass is 532 g/mol. The number of hydrogen-bond donors (Lipinski definition) is 3. The quantitative estimate of drug-likeness (QED) is 0.360. The van der Waals surface area contributed by atoms with Crippen LogP contribution in [0.25, 0.3) is 11.3 Å². The zero-order chi connectivity index (χ0) is 27.4. The van der Waals surface area contributed by atoms with Crippen LogP contribution < -0.4 is 16.0 Å². The number of esters is 2. The lowest BCUT2D eigenvalue weighted by Gasteiger charge is -2.30. The van der Waals surface area contributed by atoms with Gasteiger partial charge in [0, 0.05) is 40.6 Å². The lowest BCUT2D eigenvalue weighted by molar-refractivity contribution is -0.137. The maximum atomic E-state index is 12.8. The summed E-state index contributed by atoms with van der Waals surface area (Å²) < 4.78 is 10.1. The van der Waals surface area contributed by atoms with Crippen LogP contribution in [-0.4, -0.2) is 37.0 Å². The smallest absolute Gasteiger partial charge is 0.336 e. The van der Waals surface area contributed by atoms with Crippen LogP contribution >= 0.6 is 11.3 Å². The standard InChI is InChI=1S/C28H28N4O5S/c1-15-23(26(34)36-4)25(24(16(2)29-15)27(35)37-5)19-7-6-8-21(13-19)31-28-32-22(14-38-28)18-9-11-20(12-10-18)30-17(3)33/h6-14,25,29H,1-5H3,(H,30,33)(H,31,32). The Hall–Kier alpha value is -4.44. The first-order chi connectivity index (χ1) is 18.2. The third-order valence-corrected chi connectivity index (χ3v) is 6.81. The molecule has 1 aliphatic rings. The van der Waals surface area contributed by atoms with E-state index in [1.807, 2.05) is 53.9 Å². The van der Waals surface area contributed by atoms with Crippen molar-refractivity contribution in [3.05, 3.63) is 82.0 Å². The number of methoxy groups -OCH3 is 2. The van der Waals surface area contributed by atoms with Gasteiger partial charge in [0.05, 0.1) is 37.0 Å². The minimum absolute atomic E-state index is 0.127. The van der Waals surface area contributed by atoms with Gasteiger partial charge in [-0.3, -0.25) is 4.79 Å². The topological polar surface area (TPSA) is 119 Å². The first-order valence-corrected chi connectivity index (χ1v) is 12.7. The van der Waals surface area contributed by atoms with Crippen molar-refractivity contribution in [2.24, 2.45) is 0 Å². The molecular weight excluding hydrogens is 504 g/mol. The van der Waals surface area contributed by atoms with Crippen LogP contribution in [0.4, 0.5) is 16.5 Å². The van der Waals surface area contributed by atoms with E-state index >= 15 is 0 Å². The fourth-order valence-electron chi connectivity index (χ4n) is 4.40. The van der Waals surface area contributed by atoms with Gasteiger partial charge >= 0.3 is 11.9 Å². The number of amides is 1. The second kappa shape index (κ2) is 11.3. The van der Waals surface area contributed by atoms with Crippen molar-refractivity contribution in [1.82, 2.24) is 10.3 Å². The Kier molecular flexibility index (Phi) is 7.92. The predicted octanol–water partition coefficient (Wildman–Crippen LogP) is 5.09. The van der Waals surface area contributed by atoms with Gasteiger partial charge in [0.2, 0.25) is 5.91 Å². The molecule has 0 bridgehead atoms. The molecule has 196 valence electrons. The number of thiazole rings is 1. The van der Waals surface area contributed by atoms with Crippen molar-refractivity contribution in [2.45, 2.75) is 26.7 Å². The summed E-state index contributed by atoms with van der Waals surface area (Å²) in [7, 11) is 2.63. The number of allylic oxidation sites excluding steroid dienone is 2. The number of nitrogens with one attached hydrogen (secondary N) is 3. The zero-order valence-corrected chi connectivity index (χ0v) is 22.5. The van der Waals surface area contributed by atoms with E-state index in [2.05, 4.69) is 20.9 Å². The summed E-state index contributed by atoms with van der Waals surface area (Å²) in [6.07, 6.45) is 0. The molecule has 1 amide bonds. The molecule has 1 aromatic heterocycles. The van der Waals surface area contributed by atoms with Crippen LogP contribution in [0.15, 0.2) is 76.5 Å². The zero-order valence-electron chi connectivity index (χ0n) is 21.7. The SMILES string of the molecule is COC(=O)C1=C(C)NC(C)=C(C(=O)OC)C1c1cccc(Nc2nc(-c3ccc(NC(C)=O)cc3)cs2)c1. The summed E-state index contributed by atoms with van der Waals surface area (Å²) >= 11 is 1.45. The van der Waals surface area contributed by atoms with E-state index in [-0.39, 0.29) is 5.91 Å². The molecule has 0 spiro atoms. The van der Waals surface area contributed by atoms with Gasteiger partial charge < -0.3 is 25.4 Å². The Morgan fingerprint density at radius 2 is 1.55 bits per heavy atom. The minimum atomic E-state index is -0.674. The number of ether oxygens (including phenoxy) is 2. The van der Waals surface area contributed by atoms with Crippen molar-refractivity contribution in [3.63, 3.8) is 0 Å². The van der Waals surface area contributed by atoms with Gasteiger partial charge in [-0.05, 0) is 43.7 Å². The number of aromatic nitrogens is 1. The lowest BCUT2D eigenvalue weighted by Crippen LogP contribution is -2.32. The van der Waals surface area contributed by atoms with Crippen LogP contribution in [0.3, 0.4) is 0 Å². The highest BCUT2D eigenvalue weighted by molar-refractivity contribution is 7.14. The number of benzene rings is 2. The van der Waals surface area contributed by atoms with Gasteiger partial charge in [-0.25, -0.2) is 14.6 Å². The average Bonchev–Trinajstić information content (AvgIpc) is 3.36. The summed E-state index contributed by atoms with van der Waals surface area (Å²) in [4.78, 5) is 41.5. The van der Waals surface area contributed by atoms with Crippen molar-refractivity contribution >= 4 is 45.7 Å². The molecule has 2 heterocycles. The Bertz CT molecular complexity index is 1420. The van der Waals surface area contributed by atoms with Gasteiger partial charge in [-0.15, -0.1) is 11.3 Å². The second-order valence-electron chi connectivity index (χ2n) is 8.67. The van der Waals surface area contributed by atoms with E-state index < -0.39 is 17.9 Å². The number of rotatable bonds is 7. The molecule has 0 saturated heterocycles. The average molecular weight is 533 g/mol. The van der Waals surface area contributed by atoms with Crippen LogP contribution in [0.5, 0.6) is 0 Å². The van der Waals surface area contributed by atoms with E-state index in [1.54, 1.807) is 13.8 Å². The highest BCUT2D eigenvalue weighted by Gasteiger charge is 2.37. The number of hydrogen-bond acceptors (Lipinski definition) is 9. The van der Waals surface area contributed by atoms with E-state index in [4.69, 9.17) is 9.47 Å². The molecule has 2 aromatic carbocycles. The fourth-order valence-corrected chi connectivity index (χ4v) is 5.14. The Morgan fingerprint density at radius 1 is 0.921 bits per heavy atom. The van der Waals surface area contributed by atoms with Crippen molar-refractivity contribution in [1.29, 1.82) is 0 Å². The van der Waals surface area contributed by atoms with Crippen LogP contribution in [0, 0.1) is 0 Å². The summed E-state index contributed by atoms with van der Waals surface area (Å²) in [6.45, 7) is 5.02. The van der Waals surface area contributed by atoms with E-state index in [0.717, 1.165) is 28.2 Å². The Labute approximate surface area is 224 Å². The summed E-state index contributed by atoms with van der Waals surface area (Å²) in [5, 5.41) is 11.8. The molecule has 38 heavy (non-hydrogen) atoms. The lowest BCUT2D eigenvalue weighted by atomic mass is 9.80. The molecule has 3 aromatic rings. The number of anilines is 3. The molecule has 3 N–H and O–H groups in total. The molecule has 0 radical (unpaired) electrons. The molecule has 1 aliphatic heterocycles. The molecular formula is C28H28N4O5S. The van der Waals surface area contributed by atoms with Gasteiger partial charge in [-0.2, -0.15) is 0 Å². The summed E-state index contributed by atoms with van der Waals surface area (Å²) in [5.41, 5.74) is 5.80. The molecule has 0 saturated carbocycles. The largest absolute Gasteiger partial charge is 0.466 e. The molecule has 0 atom stereocenters. The highest BCUT2D eigenvalue weighted by atomic mass is 32.1. The second-order valence-corrected chi connectivity index (χ2v) is 9.52. The summed E-state index contributed by atoms with van der Waals surface area (Å²) in [5.74, 6) is -1.85. The fraction of sp³-hybridized carbons (Fsp3) is 0.214. The number of carbonyl (C=O) groups excluding carboxylic acids is 3. The normalized spacial score (nSPS) is 13.6. The van der Waals surface area contributed by atoms with Gasteiger partial charge in [-0.1, -0.05) is 24.3 Å². The van der Waals surface area contributed by atoms with Crippen molar-refractivity contribution in [3.8, 4) is 11.3 Å². The Morgan fingerprint density at radius 3 is 2.13 bits per heavy atom. The third-order valence-electron chi connectivity index (χ3n) is 6.05. The maximum absolute atomic E-state index is 12.8. The van der Waals surface area contributed by atoms with Crippen LogP contribution in [-0.2, 0) is 23.9 Å². The Balaban J connectivity index is 1.63. The molecule has 10 heteroatoms. The maximum Gasteiger partial charge on any atom is 0.336 e. The molecule has 4 rings (SSSR count). The minimum Gasteiger partial charge on any atom is -0.466 e. The van der Waals surface area contributed by atoms with Crippen LogP contribution in [0.2, 0.25) is 0 Å². The van der Waals surface area contributed by atoms with E-state index in [1.165, 1.54) is 32.5 Å². The predicted molar refractivity (Wildman–Crippen MR) is 147 cm³/mol. The first-order valence-electron chi connectivity index (χ1n) is 11.8.